The predicted molar refractivity (Wildman–Crippen MR) is 135 cm³/mol. The number of thiazole rings is 1. The second kappa shape index (κ2) is 13.6. The summed E-state index contributed by atoms with van der Waals surface area (Å²) >= 11 is 1.70. The molecule has 0 aliphatic carbocycles. The summed E-state index contributed by atoms with van der Waals surface area (Å²) in [5.74, 6) is -4.89. The molecule has 5 rings (SSSR count). The standard InChI is InChI=1S/C20H19FN6S.2C2HF3O2/c21-16-3-1-2-15(12-16)17-13-24-20-19(23-4-6-27(17)20)26-9-7-25(8-10-26)14-18-22-5-11-28-18;2*3-2(4,5)1(6)7/h1-6,11-13H,7-10,14H2;2*(H,6,7). The van der Waals surface area contributed by atoms with Crippen molar-refractivity contribution in [2.75, 3.05) is 31.1 Å². The van der Waals surface area contributed by atoms with Crippen molar-refractivity contribution < 1.29 is 50.5 Å². The molecule has 1 aromatic carbocycles. The number of aliphatic carboxylic acids is 2. The van der Waals surface area contributed by atoms with Gasteiger partial charge >= 0.3 is 24.3 Å². The maximum atomic E-state index is 13.6. The molecule has 226 valence electrons. The Bertz CT molecular complexity index is 1460. The zero-order valence-electron chi connectivity index (χ0n) is 21.2. The molecule has 4 heterocycles. The Kier molecular flexibility index (Phi) is 10.4. The number of benzene rings is 1. The van der Waals surface area contributed by atoms with E-state index in [1.807, 2.05) is 28.2 Å². The number of hydrogen-bond acceptors (Lipinski definition) is 8. The number of rotatable bonds is 4. The fourth-order valence-electron chi connectivity index (χ4n) is 3.63. The summed E-state index contributed by atoms with van der Waals surface area (Å²) < 4.78 is 79.1. The summed E-state index contributed by atoms with van der Waals surface area (Å²) in [7, 11) is 0. The van der Waals surface area contributed by atoms with Gasteiger partial charge in [0.1, 0.15) is 10.8 Å². The molecule has 0 spiro atoms. The van der Waals surface area contributed by atoms with Gasteiger partial charge in [0.05, 0.1) is 18.4 Å². The first-order chi connectivity index (χ1) is 19.7. The fourth-order valence-corrected chi connectivity index (χ4v) is 4.29. The molecule has 18 heteroatoms. The summed E-state index contributed by atoms with van der Waals surface area (Å²) in [6, 6.07) is 6.59. The molecule has 0 atom stereocenters. The van der Waals surface area contributed by atoms with E-state index < -0.39 is 24.3 Å². The maximum Gasteiger partial charge on any atom is 0.490 e. The van der Waals surface area contributed by atoms with Crippen LogP contribution in [-0.4, -0.2) is 84.9 Å². The van der Waals surface area contributed by atoms with Gasteiger partial charge in [-0.05, 0) is 12.1 Å². The lowest BCUT2D eigenvalue weighted by atomic mass is 10.1. The van der Waals surface area contributed by atoms with Crippen LogP contribution in [0, 0.1) is 5.82 Å². The van der Waals surface area contributed by atoms with Crippen molar-refractivity contribution in [1.29, 1.82) is 0 Å². The van der Waals surface area contributed by atoms with Crippen LogP contribution in [0.25, 0.3) is 16.9 Å². The van der Waals surface area contributed by atoms with Crippen molar-refractivity contribution >= 4 is 34.7 Å². The molecule has 0 saturated carbocycles. The van der Waals surface area contributed by atoms with Gasteiger partial charge in [0.2, 0.25) is 0 Å². The Balaban J connectivity index is 0.000000289. The first-order valence-corrected chi connectivity index (χ1v) is 12.6. The summed E-state index contributed by atoms with van der Waals surface area (Å²) in [4.78, 5) is 36.0. The Morgan fingerprint density at radius 1 is 0.905 bits per heavy atom. The van der Waals surface area contributed by atoms with Crippen molar-refractivity contribution in [3.63, 3.8) is 0 Å². The van der Waals surface area contributed by atoms with E-state index in [0.29, 0.717) is 0 Å². The van der Waals surface area contributed by atoms with Crippen LogP contribution >= 0.6 is 11.3 Å². The molecule has 0 amide bonds. The minimum atomic E-state index is -5.08. The minimum Gasteiger partial charge on any atom is -0.475 e. The van der Waals surface area contributed by atoms with E-state index in [2.05, 4.69) is 24.8 Å². The number of hydrogen-bond donors (Lipinski definition) is 2. The number of carboxylic acid groups (broad SMARTS) is 2. The van der Waals surface area contributed by atoms with Crippen molar-refractivity contribution in [1.82, 2.24) is 24.3 Å². The van der Waals surface area contributed by atoms with Gasteiger partial charge in [0.25, 0.3) is 0 Å². The number of carboxylic acids is 2. The number of carbonyl (C=O) groups is 2. The van der Waals surface area contributed by atoms with Gasteiger partial charge in [-0.1, -0.05) is 12.1 Å². The highest BCUT2D eigenvalue weighted by molar-refractivity contribution is 7.09. The Hall–Kier alpha value is -4.32. The monoisotopic (exact) mass is 622 g/mol. The Morgan fingerprint density at radius 2 is 1.52 bits per heavy atom. The van der Waals surface area contributed by atoms with Crippen molar-refractivity contribution in [2.45, 2.75) is 18.9 Å². The number of fused-ring (bicyclic) bond motifs is 1. The van der Waals surface area contributed by atoms with Crippen molar-refractivity contribution in [3.8, 4) is 11.3 Å². The lowest BCUT2D eigenvalue weighted by molar-refractivity contribution is -0.193. The molecule has 10 nitrogen and oxygen atoms in total. The van der Waals surface area contributed by atoms with Crippen LogP contribution in [0.1, 0.15) is 5.01 Å². The van der Waals surface area contributed by atoms with Gasteiger partial charge < -0.3 is 15.1 Å². The SMILES string of the molecule is Fc1cccc(-c2cnc3c(N4CCN(Cc5nccs5)CC4)nccn23)c1.O=C(O)C(F)(F)F.O=C(O)C(F)(F)F. The zero-order valence-corrected chi connectivity index (χ0v) is 22.0. The highest BCUT2D eigenvalue weighted by atomic mass is 32.1. The number of piperazine rings is 1. The third-order valence-electron chi connectivity index (χ3n) is 5.53. The van der Waals surface area contributed by atoms with E-state index in [9.17, 15) is 30.7 Å². The Labute approximate surface area is 236 Å². The summed E-state index contributed by atoms with van der Waals surface area (Å²) in [5, 5.41) is 17.4. The van der Waals surface area contributed by atoms with E-state index in [4.69, 9.17) is 19.8 Å². The number of alkyl halides is 6. The number of nitrogens with zero attached hydrogens (tertiary/aromatic N) is 6. The van der Waals surface area contributed by atoms with Crippen LogP contribution in [0.5, 0.6) is 0 Å². The van der Waals surface area contributed by atoms with Crippen LogP contribution in [0.3, 0.4) is 0 Å². The number of halogens is 7. The average molecular weight is 623 g/mol. The highest BCUT2D eigenvalue weighted by Crippen LogP contribution is 2.26. The van der Waals surface area contributed by atoms with Crippen LogP contribution in [-0.2, 0) is 16.1 Å². The van der Waals surface area contributed by atoms with Gasteiger partial charge in [-0.15, -0.1) is 11.3 Å². The number of imidazole rings is 1. The Morgan fingerprint density at radius 3 is 2.05 bits per heavy atom. The lowest BCUT2D eigenvalue weighted by Crippen LogP contribution is -2.46. The molecule has 0 radical (unpaired) electrons. The highest BCUT2D eigenvalue weighted by Gasteiger charge is 2.38. The molecule has 2 N–H and O–H groups in total. The quantitative estimate of drug-likeness (QED) is 0.315. The van der Waals surface area contributed by atoms with Crippen molar-refractivity contribution in [2.24, 2.45) is 0 Å². The van der Waals surface area contributed by atoms with Crippen LogP contribution in [0.15, 0.2) is 54.4 Å². The summed E-state index contributed by atoms with van der Waals surface area (Å²) in [5.41, 5.74) is 2.47. The smallest absolute Gasteiger partial charge is 0.475 e. The minimum absolute atomic E-state index is 0.252. The third kappa shape index (κ3) is 8.84. The molecule has 4 aromatic rings. The second-order valence-electron chi connectivity index (χ2n) is 8.39. The third-order valence-corrected chi connectivity index (χ3v) is 6.29. The largest absolute Gasteiger partial charge is 0.490 e. The normalized spacial score (nSPS) is 14.0. The maximum absolute atomic E-state index is 13.6. The van der Waals surface area contributed by atoms with Crippen LogP contribution in [0.2, 0.25) is 0 Å². The van der Waals surface area contributed by atoms with E-state index in [0.717, 1.165) is 60.5 Å². The van der Waals surface area contributed by atoms with Gasteiger partial charge in [-0.2, -0.15) is 26.3 Å². The second-order valence-corrected chi connectivity index (χ2v) is 9.37. The molecule has 1 saturated heterocycles. The lowest BCUT2D eigenvalue weighted by Gasteiger charge is -2.34. The molecule has 42 heavy (non-hydrogen) atoms. The van der Waals surface area contributed by atoms with E-state index in [1.165, 1.54) is 12.1 Å². The summed E-state index contributed by atoms with van der Waals surface area (Å²) in [6.45, 7) is 4.59. The first kappa shape index (κ1) is 32.2. The fraction of sp³-hybridized carbons (Fsp3) is 0.292. The van der Waals surface area contributed by atoms with E-state index in [-0.39, 0.29) is 5.82 Å². The number of anilines is 1. The average Bonchev–Trinajstić information content (AvgIpc) is 3.59. The van der Waals surface area contributed by atoms with Crippen LogP contribution < -0.4 is 4.90 Å². The van der Waals surface area contributed by atoms with Crippen LogP contribution in [0.4, 0.5) is 36.6 Å². The van der Waals surface area contributed by atoms with Gasteiger partial charge in [0.15, 0.2) is 11.5 Å². The first-order valence-electron chi connectivity index (χ1n) is 11.7. The molecule has 0 bridgehead atoms. The van der Waals surface area contributed by atoms with Crippen molar-refractivity contribution in [3.05, 3.63) is 65.3 Å². The van der Waals surface area contributed by atoms with Gasteiger partial charge in [0, 0.05) is 55.7 Å². The summed E-state index contributed by atoms with van der Waals surface area (Å²) in [6.07, 6.45) is -2.86. The predicted octanol–water partition coefficient (Wildman–Crippen LogP) is 4.58. The number of aromatic nitrogens is 4. The van der Waals surface area contributed by atoms with Gasteiger partial charge in [-0.3, -0.25) is 9.30 Å². The molecular weight excluding hydrogens is 601 g/mol. The molecule has 1 aliphatic heterocycles. The van der Waals surface area contributed by atoms with E-state index in [1.54, 1.807) is 29.8 Å². The molecule has 0 unspecified atom stereocenters. The zero-order chi connectivity index (χ0) is 31.1. The molecular formula is C24H21F7N6O4S. The van der Waals surface area contributed by atoms with E-state index >= 15 is 0 Å². The topological polar surface area (TPSA) is 124 Å². The molecule has 3 aromatic heterocycles. The molecule has 1 aliphatic rings. The van der Waals surface area contributed by atoms with Gasteiger partial charge in [-0.25, -0.2) is 28.9 Å². The molecule has 1 fully saturated rings.